The molecule has 2 aromatic rings. The maximum Gasteiger partial charge on any atom is 0.311 e. The van der Waals surface area contributed by atoms with E-state index in [0.29, 0.717) is 25.9 Å². The topological polar surface area (TPSA) is 87.1 Å². The van der Waals surface area contributed by atoms with Crippen molar-refractivity contribution in [2.24, 2.45) is 17.8 Å². The molecule has 3 aliphatic heterocycles. The molecule has 7 nitrogen and oxygen atoms in total. The third-order valence-electron chi connectivity index (χ3n) is 8.83. The highest BCUT2D eigenvalue weighted by molar-refractivity contribution is 8.02. The van der Waals surface area contributed by atoms with Gasteiger partial charge in [-0.05, 0) is 29.9 Å². The predicted octanol–water partition coefficient (Wildman–Crippen LogP) is 3.87. The summed E-state index contributed by atoms with van der Waals surface area (Å²) in [6.45, 7) is 10.1. The lowest BCUT2D eigenvalue weighted by Crippen LogP contribution is -2.59. The average molecular weight is 575 g/mol. The monoisotopic (exact) mass is 574 g/mol. The highest BCUT2D eigenvalue weighted by Crippen LogP contribution is 2.69. The molecule has 0 saturated carbocycles. The van der Waals surface area contributed by atoms with Gasteiger partial charge in [-0.15, -0.1) is 18.3 Å². The van der Waals surface area contributed by atoms with Gasteiger partial charge in [0.2, 0.25) is 11.8 Å². The van der Waals surface area contributed by atoms with E-state index in [1.54, 1.807) is 27.6 Å². The first-order chi connectivity index (χ1) is 19.9. The summed E-state index contributed by atoms with van der Waals surface area (Å²) < 4.78 is 4.69. The zero-order valence-corrected chi connectivity index (χ0v) is 24.2. The number of carbonyl (C=O) groups excluding carboxylic acids is 3. The minimum Gasteiger partial charge on any atom is -0.461 e. The molecule has 41 heavy (non-hydrogen) atoms. The van der Waals surface area contributed by atoms with Crippen molar-refractivity contribution < 1.29 is 24.2 Å². The van der Waals surface area contributed by atoms with Crippen LogP contribution in [0.4, 0.5) is 0 Å². The molecule has 1 spiro atoms. The summed E-state index contributed by atoms with van der Waals surface area (Å²) in [4.78, 5) is 46.0. The Morgan fingerprint density at radius 1 is 1.12 bits per heavy atom. The van der Waals surface area contributed by atoms with Gasteiger partial charge in [0.05, 0.1) is 29.2 Å². The molecule has 216 valence electrons. The maximum atomic E-state index is 14.7. The first-order valence-corrected chi connectivity index (χ1v) is 15.1. The third-order valence-corrected chi connectivity index (χ3v) is 10.9. The Bertz CT molecular complexity index is 1290. The molecule has 2 bridgehead atoms. The molecule has 0 radical (unpaired) electrons. The molecule has 1 N–H and O–H groups in total. The molecule has 2 amide bonds. The molecule has 3 heterocycles. The summed E-state index contributed by atoms with van der Waals surface area (Å²) in [5.41, 5.74) is 1.93. The SMILES string of the molecule is C=CCOC(=O)[C@@H]1[C@H]2C(=O)N([C@@H](CO)Cc3ccccc3)C(C(=O)N(CC=C)Cc3ccccc3)C23S[C@@H]1CC3C. The molecule has 7 atom stereocenters. The number of benzene rings is 2. The predicted molar refractivity (Wildman–Crippen MR) is 160 cm³/mol. The number of thioether (sulfide) groups is 1. The quantitative estimate of drug-likeness (QED) is 0.306. The number of hydrogen-bond acceptors (Lipinski definition) is 6. The van der Waals surface area contributed by atoms with Crippen LogP contribution in [-0.4, -0.2) is 74.5 Å². The van der Waals surface area contributed by atoms with E-state index < -0.39 is 34.6 Å². The van der Waals surface area contributed by atoms with Gasteiger partial charge >= 0.3 is 5.97 Å². The molecule has 3 aliphatic rings. The van der Waals surface area contributed by atoms with Gasteiger partial charge in [0.1, 0.15) is 12.6 Å². The van der Waals surface area contributed by atoms with Gasteiger partial charge in [0.25, 0.3) is 0 Å². The molecule has 0 aliphatic carbocycles. The van der Waals surface area contributed by atoms with Crippen LogP contribution in [0.2, 0.25) is 0 Å². The number of nitrogens with zero attached hydrogens (tertiary/aromatic N) is 2. The van der Waals surface area contributed by atoms with Crippen LogP contribution in [0.25, 0.3) is 0 Å². The Hall–Kier alpha value is -3.36. The van der Waals surface area contributed by atoms with Crippen LogP contribution in [-0.2, 0) is 32.1 Å². The average Bonchev–Trinajstić information content (AvgIpc) is 3.58. The van der Waals surface area contributed by atoms with Crippen molar-refractivity contribution in [3.05, 3.63) is 97.1 Å². The summed E-state index contributed by atoms with van der Waals surface area (Å²) in [5, 5.41) is 10.6. The van der Waals surface area contributed by atoms with Gasteiger partial charge < -0.3 is 19.6 Å². The molecule has 0 aromatic heterocycles. The van der Waals surface area contributed by atoms with E-state index in [2.05, 4.69) is 20.1 Å². The molecule has 2 aromatic carbocycles. The second-order valence-electron chi connectivity index (χ2n) is 11.2. The fraction of sp³-hybridized carbons (Fsp3) is 0.424. The smallest absolute Gasteiger partial charge is 0.311 e. The molecule has 3 unspecified atom stereocenters. The lowest BCUT2D eigenvalue weighted by atomic mass is 9.66. The molecule has 8 heteroatoms. The van der Waals surface area contributed by atoms with Crippen molar-refractivity contribution in [2.75, 3.05) is 19.8 Å². The standard InChI is InChI=1S/C33H38N2O5S/c1-4-16-34(20-24-14-10-7-11-15-24)31(38)29-33-22(3)18-26(41-33)27(32(39)40-17-5-2)28(33)30(37)35(29)25(21-36)19-23-12-8-6-9-13-23/h4-15,22,25-29,36H,1-2,16-21H2,3H3/t22?,25-,26-,27+,28+,29?,33?/m1/s1. The zero-order chi connectivity index (χ0) is 29.1. The van der Waals surface area contributed by atoms with Crippen LogP contribution >= 0.6 is 11.8 Å². The Morgan fingerprint density at radius 3 is 2.39 bits per heavy atom. The minimum absolute atomic E-state index is 0.00669. The van der Waals surface area contributed by atoms with Gasteiger partial charge in [-0.25, -0.2) is 0 Å². The van der Waals surface area contributed by atoms with Gasteiger partial charge in [-0.2, -0.15) is 0 Å². The highest BCUT2D eigenvalue weighted by atomic mass is 32.2. The summed E-state index contributed by atoms with van der Waals surface area (Å²) in [6.07, 6.45) is 4.32. The van der Waals surface area contributed by atoms with Crippen molar-refractivity contribution in [3.63, 3.8) is 0 Å². The summed E-state index contributed by atoms with van der Waals surface area (Å²) in [5.74, 6) is -2.21. The Morgan fingerprint density at radius 2 is 1.78 bits per heavy atom. The van der Waals surface area contributed by atoms with Crippen LogP contribution in [0.3, 0.4) is 0 Å². The maximum absolute atomic E-state index is 14.7. The van der Waals surface area contributed by atoms with Crippen LogP contribution in [0.5, 0.6) is 0 Å². The van der Waals surface area contributed by atoms with Crippen molar-refractivity contribution in [1.82, 2.24) is 9.80 Å². The van der Waals surface area contributed by atoms with Crippen molar-refractivity contribution in [3.8, 4) is 0 Å². The Balaban J connectivity index is 1.59. The Kier molecular flexibility index (Phi) is 8.71. The molecule has 3 saturated heterocycles. The molecular formula is C33H38N2O5S. The third kappa shape index (κ3) is 5.12. The first-order valence-electron chi connectivity index (χ1n) is 14.2. The van der Waals surface area contributed by atoms with Gasteiger partial charge in [-0.3, -0.25) is 14.4 Å². The van der Waals surface area contributed by atoms with Crippen molar-refractivity contribution >= 4 is 29.5 Å². The van der Waals surface area contributed by atoms with E-state index in [9.17, 15) is 19.5 Å². The number of fused-ring (bicyclic) bond motifs is 1. The number of hydrogen-bond donors (Lipinski definition) is 1. The van der Waals surface area contributed by atoms with E-state index in [1.807, 2.05) is 60.7 Å². The number of rotatable bonds is 12. The second kappa shape index (κ2) is 12.2. The minimum atomic E-state index is -0.841. The van der Waals surface area contributed by atoms with Crippen LogP contribution < -0.4 is 0 Å². The fourth-order valence-corrected chi connectivity index (χ4v) is 9.53. The summed E-state index contributed by atoms with van der Waals surface area (Å²) in [7, 11) is 0. The highest BCUT2D eigenvalue weighted by Gasteiger charge is 2.77. The number of carbonyl (C=O) groups is 3. The number of ether oxygens (including phenoxy) is 1. The number of aliphatic hydroxyl groups excluding tert-OH is 1. The lowest BCUT2D eigenvalue weighted by Gasteiger charge is -2.42. The van der Waals surface area contributed by atoms with Crippen molar-refractivity contribution in [1.29, 1.82) is 0 Å². The van der Waals surface area contributed by atoms with E-state index in [1.165, 1.54) is 6.08 Å². The van der Waals surface area contributed by atoms with Crippen LogP contribution in [0, 0.1) is 17.8 Å². The second-order valence-corrected chi connectivity index (χ2v) is 12.8. The number of amides is 2. The normalized spacial score (nSPS) is 28.7. The van der Waals surface area contributed by atoms with E-state index >= 15 is 0 Å². The first kappa shape index (κ1) is 29.1. The van der Waals surface area contributed by atoms with Gasteiger partial charge in [-0.1, -0.05) is 86.3 Å². The van der Waals surface area contributed by atoms with E-state index in [-0.39, 0.29) is 36.2 Å². The molecule has 3 fully saturated rings. The fourth-order valence-electron chi connectivity index (χ4n) is 7.14. The van der Waals surface area contributed by atoms with E-state index in [0.717, 1.165) is 11.1 Å². The largest absolute Gasteiger partial charge is 0.461 e. The van der Waals surface area contributed by atoms with Crippen molar-refractivity contribution in [2.45, 2.75) is 48.4 Å². The van der Waals surface area contributed by atoms with Crippen LogP contribution in [0.1, 0.15) is 24.5 Å². The number of aliphatic hydroxyl groups is 1. The molecule has 5 rings (SSSR count). The van der Waals surface area contributed by atoms with Crippen LogP contribution in [0.15, 0.2) is 86.0 Å². The number of likely N-dealkylation sites (tertiary alicyclic amines) is 1. The lowest BCUT2D eigenvalue weighted by molar-refractivity contribution is -0.154. The van der Waals surface area contributed by atoms with Gasteiger partial charge in [0.15, 0.2) is 0 Å². The zero-order valence-electron chi connectivity index (χ0n) is 23.4. The summed E-state index contributed by atoms with van der Waals surface area (Å²) in [6, 6.07) is 17.9. The molecular weight excluding hydrogens is 536 g/mol. The van der Waals surface area contributed by atoms with E-state index in [4.69, 9.17) is 4.74 Å². The van der Waals surface area contributed by atoms with Gasteiger partial charge in [0, 0.05) is 18.3 Å². The summed E-state index contributed by atoms with van der Waals surface area (Å²) >= 11 is 1.60. The number of esters is 1. The Labute approximate surface area is 246 Å².